The maximum atomic E-state index is 13.6. The molecule has 2 saturated heterocycles. The van der Waals surface area contributed by atoms with Gasteiger partial charge in [-0.2, -0.15) is 13.2 Å². The minimum atomic E-state index is -4.48. The number of fused-ring (bicyclic) bond motifs is 5. The summed E-state index contributed by atoms with van der Waals surface area (Å²) in [6.07, 6.45) is -3.42. The topological polar surface area (TPSA) is 73.9 Å². The van der Waals surface area contributed by atoms with Gasteiger partial charge in [-0.25, -0.2) is 4.79 Å². The Morgan fingerprint density at radius 2 is 1.82 bits per heavy atom. The molecule has 3 fully saturated rings. The Balaban J connectivity index is 1.24. The molecule has 6 rings (SSSR count). The highest BCUT2D eigenvalue weighted by Crippen LogP contribution is 2.66. The fourth-order valence-corrected chi connectivity index (χ4v) is 7.03. The highest BCUT2D eigenvalue weighted by Gasteiger charge is 2.76. The maximum Gasteiger partial charge on any atom is 0.416 e. The molecule has 1 N–H and O–H groups in total. The second-order valence-corrected chi connectivity index (χ2v) is 12.0. The Bertz CT molecular complexity index is 1310. The van der Waals surface area contributed by atoms with Crippen LogP contribution in [-0.2, 0) is 30.0 Å². The lowest BCUT2D eigenvalue weighted by Crippen LogP contribution is -2.49. The van der Waals surface area contributed by atoms with Gasteiger partial charge >= 0.3 is 18.1 Å². The van der Waals surface area contributed by atoms with E-state index in [1.807, 2.05) is 51.1 Å². The largest absolute Gasteiger partial charge is 0.460 e. The SMILES string of the molecule is CC12CCC(C(=O)OC[C@@H]3CC[C@@H]4[C@@H](c5ccccc5)Nc5ccc(C(F)(F)F)cc5[C@@H]4O3)(OC1=O)C2(C)C. The van der Waals surface area contributed by atoms with Crippen molar-refractivity contribution < 1.29 is 37.0 Å². The summed E-state index contributed by atoms with van der Waals surface area (Å²) in [6, 6.07) is 13.3. The summed E-state index contributed by atoms with van der Waals surface area (Å²) in [5, 5.41) is 3.45. The molecule has 208 valence electrons. The first-order valence-corrected chi connectivity index (χ1v) is 13.5. The molecular weight excluding hydrogens is 511 g/mol. The van der Waals surface area contributed by atoms with Gasteiger partial charge in [0.2, 0.25) is 5.60 Å². The molecule has 9 heteroatoms. The average molecular weight is 544 g/mol. The number of benzene rings is 2. The first kappa shape index (κ1) is 26.2. The molecule has 2 aromatic rings. The zero-order valence-corrected chi connectivity index (χ0v) is 22.1. The van der Waals surface area contributed by atoms with Crippen LogP contribution in [0.15, 0.2) is 48.5 Å². The van der Waals surface area contributed by atoms with Crippen LogP contribution in [0.4, 0.5) is 18.9 Å². The monoisotopic (exact) mass is 543 g/mol. The number of halogens is 3. The van der Waals surface area contributed by atoms with Gasteiger partial charge in [0.25, 0.3) is 0 Å². The van der Waals surface area contributed by atoms with Gasteiger partial charge < -0.3 is 19.5 Å². The van der Waals surface area contributed by atoms with E-state index in [9.17, 15) is 22.8 Å². The van der Waals surface area contributed by atoms with Gasteiger partial charge in [-0.3, -0.25) is 4.79 Å². The van der Waals surface area contributed by atoms with Crippen molar-refractivity contribution >= 4 is 17.6 Å². The number of carbonyl (C=O) groups excluding carboxylic acids is 2. The normalized spacial score (nSPS) is 34.5. The lowest BCUT2D eigenvalue weighted by atomic mass is 9.66. The molecule has 1 saturated carbocycles. The number of nitrogens with one attached hydrogen (secondary N) is 1. The third-order valence-corrected chi connectivity index (χ3v) is 9.95. The maximum absolute atomic E-state index is 13.6. The van der Waals surface area contributed by atoms with Crippen molar-refractivity contribution in [3.8, 4) is 0 Å². The fourth-order valence-electron chi connectivity index (χ4n) is 7.03. The minimum absolute atomic E-state index is 0.0636. The first-order valence-electron chi connectivity index (χ1n) is 13.5. The van der Waals surface area contributed by atoms with E-state index in [4.69, 9.17) is 14.2 Å². The van der Waals surface area contributed by atoms with E-state index in [1.54, 1.807) is 0 Å². The van der Waals surface area contributed by atoms with Crippen molar-refractivity contribution in [3.05, 3.63) is 65.2 Å². The second kappa shape index (κ2) is 8.71. The van der Waals surface area contributed by atoms with Gasteiger partial charge in [-0.15, -0.1) is 0 Å². The van der Waals surface area contributed by atoms with E-state index < -0.39 is 46.3 Å². The summed E-state index contributed by atoms with van der Waals surface area (Å²) in [5.74, 6) is -1.08. The quantitative estimate of drug-likeness (QED) is 0.452. The molecule has 0 radical (unpaired) electrons. The van der Waals surface area contributed by atoms with E-state index >= 15 is 0 Å². The van der Waals surface area contributed by atoms with Crippen molar-refractivity contribution in [3.63, 3.8) is 0 Å². The first-order chi connectivity index (χ1) is 18.4. The summed E-state index contributed by atoms with van der Waals surface area (Å²) in [4.78, 5) is 25.9. The van der Waals surface area contributed by atoms with Crippen LogP contribution in [0.5, 0.6) is 0 Å². The number of rotatable bonds is 4. The van der Waals surface area contributed by atoms with Gasteiger partial charge in [0, 0.05) is 22.6 Å². The summed E-state index contributed by atoms with van der Waals surface area (Å²) in [5.41, 5.74) is -1.46. The van der Waals surface area contributed by atoms with Crippen molar-refractivity contribution in [2.75, 3.05) is 11.9 Å². The van der Waals surface area contributed by atoms with Crippen molar-refractivity contribution in [1.82, 2.24) is 0 Å². The van der Waals surface area contributed by atoms with Gasteiger partial charge in [0.1, 0.15) is 6.61 Å². The third-order valence-electron chi connectivity index (χ3n) is 9.95. The number of ether oxygens (including phenoxy) is 3. The predicted molar refractivity (Wildman–Crippen MR) is 135 cm³/mol. The molecule has 6 atom stereocenters. The average Bonchev–Trinajstić information content (AvgIpc) is 3.21. The standard InChI is InChI=1S/C30H32F3NO5/c1-27(2)28(3)13-14-29(27,39-25(28)35)26(36)37-16-19-10-11-20-23(17-7-5-4-6-8-17)34-22-12-9-18(30(31,32)33)15-21(22)24(20)38-19/h4-9,12,15,19-20,23-24,34H,10-11,13-14,16H2,1-3H3/t19-,20+,23+,24+,28?,29?/m0/s1. The summed E-state index contributed by atoms with van der Waals surface area (Å²) < 4.78 is 58.6. The van der Waals surface area contributed by atoms with E-state index in [2.05, 4.69) is 5.32 Å². The third kappa shape index (κ3) is 3.79. The van der Waals surface area contributed by atoms with E-state index in [1.165, 1.54) is 6.07 Å². The van der Waals surface area contributed by atoms with E-state index in [-0.39, 0.29) is 24.5 Å². The number of anilines is 1. The van der Waals surface area contributed by atoms with Crippen LogP contribution in [0.3, 0.4) is 0 Å². The number of hydrogen-bond acceptors (Lipinski definition) is 6. The molecule has 3 heterocycles. The van der Waals surface area contributed by atoms with Gasteiger partial charge in [-0.05, 0) is 56.4 Å². The molecule has 39 heavy (non-hydrogen) atoms. The number of esters is 2. The Morgan fingerprint density at radius 3 is 2.46 bits per heavy atom. The van der Waals surface area contributed by atoms with Crippen LogP contribution >= 0.6 is 0 Å². The van der Waals surface area contributed by atoms with Crippen molar-refractivity contribution in [1.29, 1.82) is 0 Å². The lowest BCUT2D eigenvalue weighted by molar-refractivity contribution is -0.189. The van der Waals surface area contributed by atoms with Crippen LogP contribution in [0.2, 0.25) is 0 Å². The Hall–Kier alpha value is -3.07. The Morgan fingerprint density at radius 1 is 1.08 bits per heavy atom. The number of alkyl halides is 3. The molecule has 1 aliphatic carbocycles. The summed E-state index contributed by atoms with van der Waals surface area (Å²) >= 11 is 0. The van der Waals surface area contributed by atoms with Crippen LogP contribution in [0.1, 0.15) is 75.3 Å². The minimum Gasteiger partial charge on any atom is -0.460 e. The number of hydrogen-bond donors (Lipinski definition) is 1. The highest BCUT2D eigenvalue weighted by molar-refractivity contribution is 5.93. The zero-order chi connectivity index (χ0) is 27.8. The molecule has 0 amide bonds. The smallest absolute Gasteiger partial charge is 0.416 e. The van der Waals surface area contributed by atoms with Gasteiger partial charge in [0.05, 0.1) is 29.2 Å². The van der Waals surface area contributed by atoms with E-state index in [0.29, 0.717) is 36.9 Å². The molecule has 2 unspecified atom stereocenters. The highest BCUT2D eigenvalue weighted by atomic mass is 19.4. The van der Waals surface area contributed by atoms with Gasteiger partial charge in [-0.1, -0.05) is 44.2 Å². The Kier molecular flexibility index (Phi) is 5.85. The molecule has 3 aliphatic heterocycles. The number of carbonyl (C=O) groups is 2. The second-order valence-electron chi connectivity index (χ2n) is 12.0. The van der Waals surface area contributed by atoms with Crippen molar-refractivity contribution in [2.24, 2.45) is 16.7 Å². The molecule has 0 spiro atoms. The zero-order valence-electron chi connectivity index (χ0n) is 22.1. The predicted octanol–water partition coefficient (Wildman–Crippen LogP) is 6.37. The van der Waals surface area contributed by atoms with Gasteiger partial charge in [0.15, 0.2) is 0 Å². The summed E-state index contributed by atoms with van der Waals surface area (Å²) in [7, 11) is 0. The molecule has 6 nitrogen and oxygen atoms in total. The molecule has 0 aromatic heterocycles. The van der Waals surface area contributed by atoms with Crippen LogP contribution in [0.25, 0.3) is 0 Å². The molecule has 4 aliphatic rings. The summed E-state index contributed by atoms with van der Waals surface area (Å²) in [6.45, 7) is 5.49. The van der Waals surface area contributed by atoms with E-state index in [0.717, 1.165) is 17.7 Å². The van der Waals surface area contributed by atoms with Crippen LogP contribution in [-0.4, -0.2) is 30.3 Å². The van der Waals surface area contributed by atoms with Crippen LogP contribution < -0.4 is 5.32 Å². The fraction of sp³-hybridized carbons (Fsp3) is 0.533. The molecule has 2 aromatic carbocycles. The lowest BCUT2D eigenvalue weighted by Gasteiger charge is -2.46. The molecular formula is C30H32F3NO5. The Labute approximate surface area is 225 Å². The molecule has 2 bridgehead atoms. The van der Waals surface area contributed by atoms with Crippen molar-refractivity contribution in [2.45, 2.75) is 76.5 Å². The van der Waals surface area contributed by atoms with Crippen LogP contribution in [0, 0.1) is 16.7 Å².